The van der Waals surface area contributed by atoms with Crippen molar-refractivity contribution in [2.45, 2.75) is 57.5 Å². The summed E-state index contributed by atoms with van der Waals surface area (Å²) in [5.41, 5.74) is 8.49. The molecule has 4 aromatic heterocycles. The Morgan fingerprint density at radius 1 is 1.11 bits per heavy atom. The Kier molecular flexibility index (Phi) is 10.9. The maximum absolute atomic E-state index is 13.2. The molecular weight excluding hydrogens is 654 g/mol. The number of nitrogens with one attached hydrogen (secondary N) is 1. The normalized spacial score (nSPS) is 15.8. The molecule has 0 spiro atoms. The molecule has 13 nitrogen and oxygen atoms in total. The second-order valence-electron chi connectivity index (χ2n) is 9.91. The number of piperidine rings is 1. The van der Waals surface area contributed by atoms with Crippen LogP contribution in [0.5, 0.6) is 0 Å². The van der Waals surface area contributed by atoms with E-state index in [-0.39, 0.29) is 23.3 Å². The average molecular weight is 681 g/mol. The topological polar surface area (TPSA) is 180 Å². The molecule has 0 saturated carbocycles. The number of hydrogen-bond donors (Lipinski definition) is 4. The summed E-state index contributed by atoms with van der Waals surface area (Å²) >= 11 is 6.60. The molecule has 1 saturated heterocycles. The number of aromatic nitrogens is 5. The van der Waals surface area contributed by atoms with E-state index in [0.29, 0.717) is 16.7 Å². The smallest absolute Gasteiger partial charge is 0.475 e. The molecule has 46 heavy (non-hydrogen) atoms. The molecule has 0 radical (unpaired) electrons. The summed E-state index contributed by atoms with van der Waals surface area (Å²) in [6.07, 6.45) is 0.140. The number of carbonyl (C=O) groups is 3. The Hall–Kier alpha value is -4.81. The van der Waals surface area contributed by atoms with Gasteiger partial charge in [0.1, 0.15) is 17.7 Å². The van der Waals surface area contributed by atoms with Gasteiger partial charge in [-0.2, -0.15) is 26.3 Å². The second-order valence-corrected chi connectivity index (χ2v) is 10.3. The highest BCUT2D eigenvalue weighted by atomic mass is 35.5. The summed E-state index contributed by atoms with van der Waals surface area (Å²) < 4.78 is 67.0. The van der Waals surface area contributed by atoms with Crippen LogP contribution in [-0.2, 0) is 9.59 Å². The van der Waals surface area contributed by atoms with Gasteiger partial charge in [0.15, 0.2) is 11.5 Å². The fourth-order valence-corrected chi connectivity index (χ4v) is 4.82. The number of nitrogen functional groups attached to an aromatic ring is 1. The fraction of sp³-hybridized carbons (Fsp3) is 0.385. The number of nitrogens with zero attached hydrogens (tertiary/aromatic N) is 6. The molecule has 20 heteroatoms. The number of pyridine rings is 1. The van der Waals surface area contributed by atoms with Crippen LogP contribution in [0.1, 0.15) is 55.1 Å². The van der Waals surface area contributed by atoms with E-state index < -0.39 is 24.3 Å². The van der Waals surface area contributed by atoms with Crippen molar-refractivity contribution in [3.63, 3.8) is 0 Å². The zero-order valence-corrected chi connectivity index (χ0v) is 24.7. The second kappa shape index (κ2) is 14.1. The lowest BCUT2D eigenvalue weighted by molar-refractivity contribution is -0.193. The van der Waals surface area contributed by atoms with Gasteiger partial charge in [-0.05, 0) is 45.2 Å². The fourth-order valence-electron chi connectivity index (χ4n) is 4.56. The lowest BCUT2D eigenvalue weighted by atomic mass is 10.0. The monoisotopic (exact) mass is 680 g/mol. The van der Waals surface area contributed by atoms with E-state index in [2.05, 4.69) is 32.2 Å². The van der Waals surface area contributed by atoms with Crippen LogP contribution in [0.25, 0.3) is 11.2 Å². The number of carbonyl (C=O) groups excluding carboxylic acids is 1. The Balaban J connectivity index is 0.000000345. The van der Waals surface area contributed by atoms with Crippen molar-refractivity contribution in [1.82, 2.24) is 29.3 Å². The predicted octanol–water partition coefficient (Wildman–Crippen LogP) is 4.75. The number of nitrogens with two attached hydrogens (primary N) is 1. The van der Waals surface area contributed by atoms with Gasteiger partial charge >= 0.3 is 24.3 Å². The van der Waals surface area contributed by atoms with Gasteiger partial charge in [0, 0.05) is 30.5 Å². The number of aliphatic carboxylic acids is 2. The average Bonchev–Trinajstić information content (AvgIpc) is 3.58. The molecule has 1 aliphatic heterocycles. The molecule has 1 fully saturated rings. The van der Waals surface area contributed by atoms with Crippen molar-refractivity contribution in [1.29, 1.82) is 0 Å². The molecule has 5 heterocycles. The van der Waals surface area contributed by atoms with Crippen LogP contribution in [-0.4, -0.2) is 77.0 Å². The van der Waals surface area contributed by atoms with Crippen molar-refractivity contribution in [2.24, 2.45) is 0 Å². The summed E-state index contributed by atoms with van der Waals surface area (Å²) in [5.74, 6) is -4.70. The zero-order valence-electron chi connectivity index (χ0n) is 24.0. The number of anilines is 2. The number of alkyl halides is 6. The van der Waals surface area contributed by atoms with E-state index in [1.807, 2.05) is 17.4 Å². The summed E-state index contributed by atoms with van der Waals surface area (Å²) in [4.78, 5) is 42.0. The lowest BCUT2D eigenvalue weighted by Crippen LogP contribution is -2.40. The van der Waals surface area contributed by atoms with Crippen LogP contribution in [0, 0.1) is 0 Å². The van der Waals surface area contributed by atoms with Crippen molar-refractivity contribution in [3.8, 4) is 0 Å². The van der Waals surface area contributed by atoms with Gasteiger partial charge < -0.3 is 26.2 Å². The first-order chi connectivity index (χ1) is 21.3. The van der Waals surface area contributed by atoms with Gasteiger partial charge in [-0.1, -0.05) is 11.6 Å². The molecule has 5 rings (SSSR count). The van der Waals surface area contributed by atoms with E-state index in [1.54, 1.807) is 31.0 Å². The first-order valence-corrected chi connectivity index (χ1v) is 13.6. The van der Waals surface area contributed by atoms with Crippen LogP contribution in [0.2, 0.25) is 5.02 Å². The third-order valence-corrected chi connectivity index (χ3v) is 6.98. The van der Waals surface area contributed by atoms with E-state index in [1.165, 1.54) is 10.9 Å². The Labute approximate surface area is 260 Å². The highest BCUT2D eigenvalue weighted by Crippen LogP contribution is 2.36. The quantitative estimate of drug-likeness (QED) is 0.220. The number of amides is 1. The number of halogens is 7. The zero-order chi connectivity index (χ0) is 34.6. The first-order valence-electron chi connectivity index (χ1n) is 13.3. The highest BCUT2D eigenvalue weighted by Gasteiger charge is 2.39. The maximum atomic E-state index is 13.2. The van der Waals surface area contributed by atoms with E-state index in [0.717, 1.165) is 36.3 Å². The summed E-state index contributed by atoms with van der Waals surface area (Å²) in [6, 6.07) is 3.70. The number of carboxylic acids is 2. The van der Waals surface area contributed by atoms with Crippen molar-refractivity contribution in [3.05, 3.63) is 53.2 Å². The van der Waals surface area contributed by atoms with Gasteiger partial charge in [0.2, 0.25) is 0 Å². The minimum atomic E-state index is -5.08. The molecule has 1 aliphatic rings. The van der Waals surface area contributed by atoms with Crippen molar-refractivity contribution < 1.29 is 50.9 Å². The standard InChI is InChI=1S/C22H25ClN8O.2C2HF3O2/c1-13-6-3-4-8-29(13)22-15(10-16(23)17-11-25-12-30(17)22)14(2)27-21(32)18-19(24)28-31-9-5-7-26-20(18)31;2*3-2(4,5)1(6)7/h5,7,9-14H,3-4,6,8H2,1-2H3,(H2,24,28)(H,27,32);2*(H,6,7)/t13-,14?;;/m0../s1. The molecule has 1 amide bonds. The minimum absolute atomic E-state index is 0.140. The third kappa shape index (κ3) is 8.26. The highest BCUT2D eigenvalue weighted by molar-refractivity contribution is 6.34. The Morgan fingerprint density at radius 2 is 1.72 bits per heavy atom. The van der Waals surface area contributed by atoms with Crippen molar-refractivity contribution >= 4 is 52.2 Å². The molecule has 0 aromatic carbocycles. The van der Waals surface area contributed by atoms with Gasteiger partial charge in [-0.3, -0.25) is 9.20 Å². The lowest BCUT2D eigenvalue weighted by Gasteiger charge is -2.38. The van der Waals surface area contributed by atoms with E-state index in [9.17, 15) is 31.1 Å². The van der Waals surface area contributed by atoms with Crippen LogP contribution < -0.4 is 16.0 Å². The number of imidazole rings is 1. The van der Waals surface area contributed by atoms with Gasteiger partial charge in [-0.15, -0.1) is 5.10 Å². The number of rotatable bonds is 4. The molecule has 2 atom stereocenters. The van der Waals surface area contributed by atoms with E-state index >= 15 is 0 Å². The number of fused-ring (bicyclic) bond motifs is 2. The van der Waals surface area contributed by atoms with Gasteiger partial charge in [0.25, 0.3) is 5.91 Å². The third-order valence-electron chi connectivity index (χ3n) is 6.68. The van der Waals surface area contributed by atoms with E-state index in [4.69, 9.17) is 37.1 Å². The van der Waals surface area contributed by atoms with Crippen molar-refractivity contribution in [2.75, 3.05) is 17.2 Å². The number of hydrogen-bond acceptors (Lipinski definition) is 8. The van der Waals surface area contributed by atoms with Crippen LogP contribution in [0.3, 0.4) is 0 Å². The molecular formula is C26H27ClF6N8O5. The molecule has 0 aliphatic carbocycles. The van der Waals surface area contributed by atoms with Crippen LogP contribution in [0.4, 0.5) is 38.0 Å². The van der Waals surface area contributed by atoms with Crippen LogP contribution >= 0.6 is 11.6 Å². The first kappa shape index (κ1) is 35.7. The predicted molar refractivity (Wildman–Crippen MR) is 152 cm³/mol. The summed E-state index contributed by atoms with van der Waals surface area (Å²) in [6.45, 7) is 5.11. The molecule has 250 valence electrons. The molecule has 1 unspecified atom stereocenters. The van der Waals surface area contributed by atoms with Crippen LogP contribution in [0.15, 0.2) is 37.1 Å². The molecule has 4 aromatic rings. The van der Waals surface area contributed by atoms with Gasteiger partial charge in [0.05, 0.1) is 22.8 Å². The summed E-state index contributed by atoms with van der Waals surface area (Å²) in [7, 11) is 0. The Morgan fingerprint density at radius 3 is 2.28 bits per heavy atom. The molecule has 5 N–H and O–H groups in total. The largest absolute Gasteiger partial charge is 0.490 e. The summed E-state index contributed by atoms with van der Waals surface area (Å²) in [5, 5.41) is 22.1. The maximum Gasteiger partial charge on any atom is 0.490 e. The number of carboxylic acid groups (broad SMARTS) is 2. The molecule has 0 bridgehead atoms. The van der Waals surface area contributed by atoms with Gasteiger partial charge in [-0.25, -0.2) is 24.1 Å². The SMILES string of the molecule is CC(NC(=O)c1c(N)nn2cccnc12)c1cc(Cl)c2cncn2c1N1CCCC[C@@H]1C.O=C(O)C(F)(F)F.O=C(O)C(F)(F)F. The minimum Gasteiger partial charge on any atom is -0.475 e. The Bertz CT molecular complexity index is 1700.